The molecule has 118 valence electrons. The number of carbonyl (C=O) groups is 1. The second kappa shape index (κ2) is 6.99. The Morgan fingerprint density at radius 3 is 2.82 bits per heavy atom. The van der Waals surface area contributed by atoms with E-state index < -0.39 is 17.2 Å². The predicted molar refractivity (Wildman–Crippen MR) is 80.5 cm³/mol. The highest BCUT2D eigenvalue weighted by molar-refractivity contribution is 5.78. The van der Waals surface area contributed by atoms with E-state index in [0.29, 0.717) is 23.1 Å². The third-order valence-corrected chi connectivity index (χ3v) is 3.12. The van der Waals surface area contributed by atoms with Gasteiger partial charge in [-0.15, -0.1) is 0 Å². The molecule has 0 bridgehead atoms. The van der Waals surface area contributed by atoms with Crippen molar-refractivity contribution in [1.82, 2.24) is 20.3 Å². The smallest absolute Gasteiger partial charge is 0.327 e. The zero-order chi connectivity index (χ0) is 16.1. The van der Waals surface area contributed by atoms with Crippen LogP contribution >= 0.6 is 0 Å². The molecular formula is C14H18N4O4. The number of ether oxygens (including phenoxy) is 1. The number of esters is 1. The minimum absolute atomic E-state index is 0.0278. The predicted octanol–water partition coefficient (Wildman–Crippen LogP) is 0.174. The summed E-state index contributed by atoms with van der Waals surface area (Å²) in [5.41, 5.74) is 0.393. The van der Waals surface area contributed by atoms with E-state index in [-0.39, 0.29) is 12.3 Å². The van der Waals surface area contributed by atoms with Crippen LogP contribution in [0.4, 0.5) is 0 Å². The first-order valence-electron chi connectivity index (χ1n) is 7.00. The fraction of sp³-hybridized carbons (Fsp3) is 0.429. The summed E-state index contributed by atoms with van der Waals surface area (Å²) in [6.45, 7) is 4.56. The van der Waals surface area contributed by atoms with Crippen LogP contribution in [0.1, 0.15) is 31.4 Å². The number of hydrogen-bond acceptors (Lipinski definition) is 6. The number of aromatic amines is 2. The summed E-state index contributed by atoms with van der Waals surface area (Å²) in [5.74, 6) is -0.414. The van der Waals surface area contributed by atoms with Crippen molar-refractivity contribution in [3.63, 3.8) is 0 Å². The summed E-state index contributed by atoms with van der Waals surface area (Å²) in [5, 5.41) is 3.50. The molecule has 2 heterocycles. The first-order valence-corrected chi connectivity index (χ1v) is 7.00. The topological polar surface area (TPSA) is 117 Å². The van der Waals surface area contributed by atoms with Crippen LogP contribution in [0.15, 0.2) is 15.8 Å². The van der Waals surface area contributed by atoms with Gasteiger partial charge in [-0.2, -0.15) is 0 Å². The number of aromatic nitrogens is 3. The summed E-state index contributed by atoms with van der Waals surface area (Å²) in [6.07, 6.45) is 2.44. The van der Waals surface area contributed by atoms with Crippen LogP contribution in [0.5, 0.6) is 0 Å². The van der Waals surface area contributed by atoms with Gasteiger partial charge < -0.3 is 10.1 Å². The van der Waals surface area contributed by atoms with Crippen LogP contribution in [0.25, 0.3) is 11.0 Å². The van der Waals surface area contributed by atoms with Gasteiger partial charge >= 0.3 is 11.7 Å². The molecule has 0 amide bonds. The Labute approximate surface area is 125 Å². The Balaban J connectivity index is 2.53. The van der Waals surface area contributed by atoms with Crippen molar-refractivity contribution in [2.24, 2.45) is 0 Å². The normalized spacial score (nSPS) is 10.8. The Hall–Kier alpha value is -2.48. The van der Waals surface area contributed by atoms with E-state index in [1.54, 1.807) is 0 Å². The maximum atomic E-state index is 12.1. The van der Waals surface area contributed by atoms with E-state index in [1.165, 1.54) is 13.1 Å². The minimum Gasteiger partial charge on any atom is -0.461 e. The minimum atomic E-state index is -0.606. The van der Waals surface area contributed by atoms with Crippen molar-refractivity contribution in [3.8, 4) is 0 Å². The highest BCUT2D eigenvalue weighted by Gasteiger charge is 2.14. The van der Waals surface area contributed by atoms with Crippen LogP contribution in [0.2, 0.25) is 0 Å². The molecule has 0 spiro atoms. The van der Waals surface area contributed by atoms with E-state index in [2.05, 4.69) is 20.3 Å². The molecule has 0 saturated heterocycles. The highest BCUT2D eigenvalue weighted by Crippen LogP contribution is 2.16. The molecule has 0 saturated carbocycles. The summed E-state index contributed by atoms with van der Waals surface area (Å²) in [4.78, 5) is 43.2. The van der Waals surface area contributed by atoms with E-state index in [4.69, 9.17) is 4.74 Å². The molecule has 0 aliphatic carbocycles. The highest BCUT2D eigenvalue weighted by atomic mass is 16.5. The molecule has 0 radical (unpaired) electrons. The summed E-state index contributed by atoms with van der Waals surface area (Å²) < 4.78 is 5.00. The van der Waals surface area contributed by atoms with Crippen molar-refractivity contribution >= 4 is 17.0 Å². The van der Waals surface area contributed by atoms with Crippen LogP contribution in [-0.4, -0.2) is 27.5 Å². The monoisotopic (exact) mass is 306 g/mol. The Morgan fingerprint density at radius 2 is 2.14 bits per heavy atom. The summed E-state index contributed by atoms with van der Waals surface area (Å²) >= 11 is 0. The Bertz CT molecular complexity index is 794. The molecule has 2 aromatic rings. The molecule has 8 heteroatoms. The zero-order valence-corrected chi connectivity index (χ0v) is 12.5. The first-order chi connectivity index (χ1) is 10.5. The van der Waals surface area contributed by atoms with E-state index >= 15 is 0 Å². The molecular weight excluding hydrogens is 288 g/mol. The van der Waals surface area contributed by atoms with Crippen LogP contribution < -0.4 is 16.6 Å². The number of hydrogen-bond donors (Lipinski definition) is 3. The molecule has 2 aromatic heterocycles. The lowest BCUT2D eigenvalue weighted by molar-refractivity contribution is -0.142. The quantitative estimate of drug-likeness (QED) is 0.517. The molecule has 0 fully saturated rings. The van der Waals surface area contributed by atoms with Crippen molar-refractivity contribution in [2.45, 2.75) is 33.4 Å². The van der Waals surface area contributed by atoms with Gasteiger partial charge in [0.2, 0.25) is 0 Å². The second-order valence-electron chi connectivity index (χ2n) is 4.85. The fourth-order valence-electron chi connectivity index (χ4n) is 2.13. The molecule has 2 rings (SSSR count). The zero-order valence-electron chi connectivity index (χ0n) is 12.5. The van der Waals surface area contributed by atoms with Crippen molar-refractivity contribution in [2.75, 3.05) is 6.54 Å². The molecule has 0 aliphatic rings. The number of H-pyrrole nitrogens is 2. The lowest BCUT2D eigenvalue weighted by atomic mass is 10.1. The maximum Gasteiger partial charge on any atom is 0.327 e. The lowest BCUT2D eigenvalue weighted by Gasteiger charge is -2.12. The van der Waals surface area contributed by atoms with Crippen molar-refractivity contribution in [3.05, 3.63) is 38.2 Å². The SMILES string of the molecule is CCCNCc1c(COC(C)=O)cnc2[nH]c(=O)[nH]c(=O)c12. The average molecular weight is 306 g/mol. The number of nitrogens with one attached hydrogen (secondary N) is 3. The maximum absolute atomic E-state index is 12.1. The largest absolute Gasteiger partial charge is 0.461 e. The average Bonchev–Trinajstić information content (AvgIpc) is 2.45. The van der Waals surface area contributed by atoms with Crippen molar-refractivity contribution in [1.29, 1.82) is 0 Å². The molecule has 0 aromatic carbocycles. The number of fused-ring (bicyclic) bond motifs is 1. The standard InChI is InChI=1S/C14H18N4O4/c1-3-4-15-6-10-9(7-22-8(2)19)5-16-12-11(10)13(20)18-14(21)17-12/h5,15H,3-4,6-7H2,1-2H3,(H2,16,17,18,20,21). The molecule has 22 heavy (non-hydrogen) atoms. The van der Waals surface area contributed by atoms with Crippen LogP contribution in [0, 0.1) is 0 Å². The van der Waals surface area contributed by atoms with Crippen LogP contribution in [0.3, 0.4) is 0 Å². The van der Waals surface area contributed by atoms with Gasteiger partial charge in [0.25, 0.3) is 5.56 Å². The lowest BCUT2D eigenvalue weighted by Crippen LogP contribution is -2.25. The number of carbonyl (C=O) groups excluding carboxylic acids is 1. The first kappa shape index (κ1) is 15.9. The van der Waals surface area contributed by atoms with Crippen molar-refractivity contribution < 1.29 is 9.53 Å². The molecule has 3 N–H and O–H groups in total. The van der Waals surface area contributed by atoms with Gasteiger partial charge in [-0.25, -0.2) is 9.78 Å². The number of nitrogens with zero attached hydrogens (tertiary/aromatic N) is 1. The van der Waals surface area contributed by atoms with E-state index in [0.717, 1.165) is 13.0 Å². The third-order valence-electron chi connectivity index (χ3n) is 3.12. The Kier molecular flexibility index (Phi) is 5.05. The van der Waals surface area contributed by atoms with Gasteiger partial charge in [0.1, 0.15) is 12.3 Å². The van der Waals surface area contributed by atoms with Gasteiger partial charge in [0.05, 0.1) is 5.39 Å². The van der Waals surface area contributed by atoms with Gasteiger partial charge in [-0.05, 0) is 18.5 Å². The molecule has 0 unspecified atom stereocenters. The van der Waals surface area contributed by atoms with E-state index in [1.807, 2.05) is 6.92 Å². The Morgan fingerprint density at radius 1 is 1.36 bits per heavy atom. The molecule has 0 atom stereocenters. The molecule has 8 nitrogen and oxygen atoms in total. The summed E-state index contributed by atoms with van der Waals surface area (Å²) in [6, 6.07) is 0. The number of pyridine rings is 1. The fourth-order valence-corrected chi connectivity index (χ4v) is 2.13. The molecule has 0 aliphatic heterocycles. The van der Waals surface area contributed by atoms with Crippen LogP contribution in [-0.2, 0) is 22.7 Å². The third kappa shape index (κ3) is 3.59. The van der Waals surface area contributed by atoms with Gasteiger partial charge in [0.15, 0.2) is 0 Å². The summed E-state index contributed by atoms with van der Waals surface area (Å²) in [7, 11) is 0. The van der Waals surface area contributed by atoms with Gasteiger partial charge in [0, 0.05) is 25.2 Å². The van der Waals surface area contributed by atoms with Gasteiger partial charge in [-0.1, -0.05) is 6.92 Å². The van der Waals surface area contributed by atoms with E-state index in [9.17, 15) is 14.4 Å². The van der Waals surface area contributed by atoms with Gasteiger partial charge in [-0.3, -0.25) is 19.6 Å². The number of rotatable bonds is 6. The second-order valence-corrected chi connectivity index (χ2v) is 4.85.